The minimum absolute atomic E-state index is 0.187. The van der Waals surface area contributed by atoms with Gasteiger partial charge in [-0.1, -0.05) is 54.6 Å². The number of nitrogens with one attached hydrogen (secondary N) is 1. The largest absolute Gasteiger partial charge is 0.416 e. The van der Waals surface area contributed by atoms with Gasteiger partial charge in [-0.15, -0.1) is 0 Å². The van der Waals surface area contributed by atoms with Crippen LogP contribution in [0.2, 0.25) is 0 Å². The molecule has 0 aliphatic carbocycles. The van der Waals surface area contributed by atoms with E-state index >= 15 is 4.39 Å². The van der Waals surface area contributed by atoms with Crippen molar-refractivity contribution >= 4 is 34.6 Å². The summed E-state index contributed by atoms with van der Waals surface area (Å²) in [7, 11) is 0. The van der Waals surface area contributed by atoms with Crippen molar-refractivity contribution in [1.29, 1.82) is 0 Å². The number of aryl methyl sites for hydroxylation is 1. The number of halogens is 4. The smallest absolute Gasteiger partial charge is 0.337 e. The number of anilines is 2. The Bertz CT molecular complexity index is 1890. The average molecular weight is 567 g/mol. The van der Waals surface area contributed by atoms with Crippen molar-refractivity contribution in [3.8, 4) is 5.69 Å². The summed E-state index contributed by atoms with van der Waals surface area (Å²) in [4.78, 5) is 11.7. The van der Waals surface area contributed by atoms with E-state index < -0.39 is 23.6 Å². The molecule has 0 radical (unpaired) electrons. The van der Waals surface area contributed by atoms with E-state index in [0.717, 1.165) is 17.8 Å². The fourth-order valence-electron chi connectivity index (χ4n) is 5.45. The standard InChI is InChI=1S/C32H22F4N6/c1-19-27-28(23-14-5-6-15-24(23)33)41-26-17-8-7-16-25(26)38-29(37-21-11-9-10-20(18-21)32(34,35)36)31(41)39-30(27)42(40-19)22-12-3-2-4-13-22/h2-18,28H,1H3,(H,37,38)/t28-/m1/s1. The van der Waals surface area contributed by atoms with Gasteiger partial charge in [0.25, 0.3) is 0 Å². The topological polar surface area (TPSA) is 57.8 Å². The van der Waals surface area contributed by atoms with Crippen LogP contribution < -0.4 is 10.2 Å². The van der Waals surface area contributed by atoms with Crippen molar-refractivity contribution in [3.63, 3.8) is 0 Å². The van der Waals surface area contributed by atoms with Crippen molar-refractivity contribution in [1.82, 2.24) is 9.78 Å². The van der Waals surface area contributed by atoms with Gasteiger partial charge >= 0.3 is 6.18 Å². The molecule has 42 heavy (non-hydrogen) atoms. The van der Waals surface area contributed by atoms with Crippen molar-refractivity contribution in [2.24, 2.45) is 9.98 Å². The highest BCUT2D eigenvalue weighted by Gasteiger charge is 2.42. The number of hydrogen-bond donors (Lipinski definition) is 1. The number of fused-ring (bicyclic) bond motifs is 4. The summed E-state index contributed by atoms with van der Waals surface area (Å²) in [5.41, 5.74) is 3.16. The summed E-state index contributed by atoms with van der Waals surface area (Å²) in [5.74, 6) is 0.618. The lowest BCUT2D eigenvalue weighted by atomic mass is 9.93. The fourth-order valence-corrected chi connectivity index (χ4v) is 5.45. The van der Waals surface area contributed by atoms with Crippen LogP contribution in [0.25, 0.3) is 5.69 Å². The first-order chi connectivity index (χ1) is 20.3. The molecule has 1 atom stereocenters. The van der Waals surface area contributed by atoms with E-state index in [-0.39, 0.29) is 11.5 Å². The van der Waals surface area contributed by atoms with Gasteiger partial charge in [0.1, 0.15) is 5.82 Å². The maximum atomic E-state index is 15.6. The van der Waals surface area contributed by atoms with Gasteiger partial charge in [-0.3, -0.25) is 0 Å². The van der Waals surface area contributed by atoms with Gasteiger partial charge in [0, 0.05) is 16.8 Å². The highest BCUT2D eigenvalue weighted by molar-refractivity contribution is 6.51. The number of alkyl halides is 3. The summed E-state index contributed by atoms with van der Waals surface area (Å²) < 4.78 is 57.9. The Balaban J connectivity index is 1.48. The number of hydrogen-bond acceptors (Lipinski definition) is 5. The highest BCUT2D eigenvalue weighted by Crippen LogP contribution is 2.48. The third-order valence-corrected chi connectivity index (χ3v) is 7.29. The molecular formula is C32H22F4N6. The van der Waals surface area contributed by atoms with Crippen LogP contribution in [-0.4, -0.2) is 21.5 Å². The molecule has 0 saturated carbocycles. The SMILES string of the molecule is Cc1nn(-c2ccccc2)c2c1[C@@H](c1ccccc1F)N1C(=N2)C(Nc2cccc(C(F)(F)F)c2)=Nc2ccccc21. The number of rotatable bonds is 3. The Morgan fingerprint density at radius 3 is 2.33 bits per heavy atom. The van der Waals surface area contributed by atoms with Crippen molar-refractivity contribution in [2.45, 2.75) is 19.1 Å². The van der Waals surface area contributed by atoms with Crippen LogP contribution in [0.4, 0.5) is 40.4 Å². The second kappa shape index (κ2) is 9.69. The Labute approximate surface area is 238 Å². The lowest BCUT2D eigenvalue weighted by Crippen LogP contribution is -2.46. The Hall–Kier alpha value is -5.25. The molecule has 0 fully saturated rings. The van der Waals surface area contributed by atoms with E-state index in [9.17, 15) is 13.2 Å². The van der Waals surface area contributed by atoms with Gasteiger partial charge in [-0.05, 0) is 55.5 Å². The average Bonchev–Trinajstić information content (AvgIpc) is 3.33. The highest BCUT2D eigenvalue weighted by atomic mass is 19.4. The number of aromatic nitrogens is 2. The molecule has 10 heteroatoms. The first-order valence-corrected chi connectivity index (χ1v) is 13.2. The van der Waals surface area contributed by atoms with Crippen LogP contribution in [-0.2, 0) is 6.18 Å². The number of para-hydroxylation sites is 3. The molecule has 0 bridgehead atoms. The zero-order valence-corrected chi connectivity index (χ0v) is 22.1. The first-order valence-electron chi connectivity index (χ1n) is 13.2. The maximum Gasteiger partial charge on any atom is 0.416 e. The van der Waals surface area contributed by atoms with Crippen molar-refractivity contribution < 1.29 is 17.6 Å². The molecule has 0 amide bonds. The predicted molar refractivity (Wildman–Crippen MR) is 155 cm³/mol. The van der Waals surface area contributed by atoms with Crippen LogP contribution in [0.3, 0.4) is 0 Å². The molecule has 0 unspecified atom stereocenters. The molecule has 1 N–H and O–H groups in total. The van der Waals surface area contributed by atoms with Crippen molar-refractivity contribution in [2.75, 3.05) is 10.2 Å². The van der Waals surface area contributed by atoms with E-state index in [0.29, 0.717) is 39.8 Å². The third kappa shape index (κ3) is 4.23. The van der Waals surface area contributed by atoms with Crippen LogP contribution >= 0.6 is 0 Å². The van der Waals surface area contributed by atoms with Crippen LogP contribution in [0.5, 0.6) is 0 Å². The Kier molecular flexibility index (Phi) is 5.93. The van der Waals surface area contributed by atoms with Gasteiger partial charge in [-0.25, -0.2) is 19.1 Å². The van der Waals surface area contributed by atoms with Crippen molar-refractivity contribution in [3.05, 3.63) is 131 Å². The molecule has 4 aromatic carbocycles. The van der Waals surface area contributed by atoms with E-state index in [1.54, 1.807) is 28.9 Å². The Morgan fingerprint density at radius 2 is 1.55 bits per heavy atom. The summed E-state index contributed by atoms with van der Waals surface area (Å²) in [5, 5.41) is 7.88. The van der Waals surface area contributed by atoms with Gasteiger partial charge < -0.3 is 10.2 Å². The molecule has 0 spiro atoms. The minimum atomic E-state index is -4.52. The molecule has 208 valence electrons. The van der Waals surface area contributed by atoms with Crippen LogP contribution in [0.1, 0.15) is 28.4 Å². The van der Waals surface area contributed by atoms with Crippen LogP contribution in [0.15, 0.2) is 113 Å². The van der Waals surface area contributed by atoms with Gasteiger partial charge in [-0.2, -0.15) is 18.3 Å². The van der Waals surface area contributed by atoms with E-state index in [1.807, 2.05) is 60.4 Å². The summed E-state index contributed by atoms with van der Waals surface area (Å²) in [6.45, 7) is 1.86. The van der Waals surface area contributed by atoms with Gasteiger partial charge in [0.05, 0.1) is 34.4 Å². The quantitative estimate of drug-likeness (QED) is 0.224. The first kappa shape index (κ1) is 25.7. The third-order valence-electron chi connectivity index (χ3n) is 7.29. The maximum absolute atomic E-state index is 15.6. The molecule has 7 rings (SSSR count). The van der Waals surface area contributed by atoms with E-state index in [4.69, 9.17) is 15.1 Å². The Morgan fingerprint density at radius 1 is 0.810 bits per heavy atom. The second-order valence-corrected chi connectivity index (χ2v) is 9.95. The molecule has 1 aromatic heterocycles. The zero-order chi connectivity index (χ0) is 29.0. The number of amidine groups is 2. The number of nitrogens with zero attached hydrogens (tertiary/aromatic N) is 5. The zero-order valence-electron chi connectivity index (χ0n) is 22.1. The summed E-state index contributed by atoms with van der Waals surface area (Å²) in [6, 6.07) is 27.5. The van der Waals surface area contributed by atoms with Gasteiger partial charge in [0.2, 0.25) is 0 Å². The molecule has 2 aliphatic heterocycles. The molecular weight excluding hydrogens is 544 g/mol. The molecule has 2 aliphatic rings. The monoisotopic (exact) mass is 566 g/mol. The molecule has 0 saturated heterocycles. The fraction of sp³-hybridized carbons (Fsp3) is 0.0938. The lowest BCUT2D eigenvalue weighted by molar-refractivity contribution is -0.137. The molecule has 3 heterocycles. The summed E-state index contributed by atoms with van der Waals surface area (Å²) >= 11 is 0. The van der Waals surface area contributed by atoms with Gasteiger partial charge in [0.15, 0.2) is 17.5 Å². The molecule has 5 aromatic rings. The van der Waals surface area contributed by atoms with Crippen LogP contribution in [0, 0.1) is 12.7 Å². The lowest BCUT2D eigenvalue weighted by Gasteiger charge is -2.40. The van der Waals surface area contributed by atoms with E-state index in [1.165, 1.54) is 18.2 Å². The normalized spacial score (nSPS) is 15.7. The number of aliphatic imine (C=N–C) groups is 2. The minimum Gasteiger partial charge on any atom is -0.337 e. The molecule has 6 nitrogen and oxygen atoms in total. The second-order valence-electron chi connectivity index (χ2n) is 9.95. The summed E-state index contributed by atoms with van der Waals surface area (Å²) in [6.07, 6.45) is -4.52. The predicted octanol–water partition coefficient (Wildman–Crippen LogP) is 8.13. The van der Waals surface area contributed by atoms with E-state index in [2.05, 4.69) is 5.32 Å². The number of benzene rings is 4.